The third kappa shape index (κ3) is 3.61. The molecule has 3 aromatic rings. The molecule has 0 aromatic carbocycles. The first-order chi connectivity index (χ1) is 13.1. The van der Waals surface area contributed by atoms with Crippen molar-refractivity contribution in [3.05, 3.63) is 30.2 Å². The van der Waals surface area contributed by atoms with Gasteiger partial charge in [-0.1, -0.05) is 5.16 Å². The Morgan fingerprint density at radius 1 is 1.19 bits per heavy atom. The Kier molecular flexibility index (Phi) is 4.71. The van der Waals surface area contributed by atoms with Crippen molar-refractivity contribution in [2.75, 3.05) is 38.2 Å². The van der Waals surface area contributed by atoms with Crippen LogP contribution in [0.1, 0.15) is 11.7 Å². The Hall–Kier alpha value is -3.01. The van der Waals surface area contributed by atoms with Gasteiger partial charge in [0, 0.05) is 46.3 Å². The molecule has 1 aliphatic heterocycles. The summed E-state index contributed by atoms with van der Waals surface area (Å²) in [5, 5.41) is 8.19. The topological polar surface area (TPSA) is 98.2 Å². The average molecular weight is 370 g/mol. The van der Waals surface area contributed by atoms with Crippen molar-refractivity contribution in [1.29, 1.82) is 0 Å². The summed E-state index contributed by atoms with van der Waals surface area (Å²) in [6.07, 6.45) is 3.47. The van der Waals surface area contributed by atoms with Crippen LogP contribution in [0.4, 0.5) is 5.95 Å². The number of rotatable bonds is 5. The molecule has 0 unspecified atom stereocenters. The molecule has 0 atom stereocenters. The molecule has 10 heteroatoms. The summed E-state index contributed by atoms with van der Waals surface area (Å²) < 4.78 is 12.3. The van der Waals surface area contributed by atoms with Crippen LogP contribution in [0.15, 0.2) is 23.0 Å². The van der Waals surface area contributed by atoms with E-state index >= 15 is 0 Å². The van der Waals surface area contributed by atoms with Gasteiger partial charge in [-0.25, -0.2) is 9.97 Å². The average Bonchev–Trinajstić information content (AvgIpc) is 3.30. The summed E-state index contributed by atoms with van der Waals surface area (Å²) in [4.78, 5) is 18.0. The molecule has 0 spiro atoms. The molecule has 0 N–H and O–H groups in total. The molecule has 0 bridgehead atoms. The third-order valence-corrected chi connectivity index (χ3v) is 4.62. The lowest BCUT2D eigenvalue weighted by Gasteiger charge is -2.34. The third-order valence-electron chi connectivity index (χ3n) is 4.62. The van der Waals surface area contributed by atoms with Crippen LogP contribution >= 0.6 is 0 Å². The van der Waals surface area contributed by atoms with E-state index in [1.54, 1.807) is 31.1 Å². The summed E-state index contributed by atoms with van der Waals surface area (Å²) in [6.45, 7) is 5.90. The quantitative estimate of drug-likeness (QED) is 0.648. The van der Waals surface area contributed by atoms with Crippen molar-refractivity contribution in [2.45, 2.75) is 13.5 Å². The second kappa shape index (κ2) is 7.31. The lowest BCUT2D eigenvalue weighted by Crippen LogP contribution is -2.46. The Labute approximate surface area is 156 Å². The summed E-state index contributed by atoms with van der Waals surface area (Å²) in [5.41, 5.74) is 1.63. The van der Waals surface area contributed by atoms with Crippen LogP contribution in [-0.4, -0.2) is 68.1 Å². The molecule has 0 aliphatic carbocycles. The molecule has 4 rings (SSSR count). The number of nitrogens with zero attached hydrogens (tertiary/aromatic N) is 8. The highest BCUT2D eigenvalue weighted by atomic mass is 16.5. The second-order valence-electron chi connectivity index (χ2n) is 6.42. The molecule has 1 aliphatic rings. The van der Waals surface area contributed by atoms with Gasteiger partial charge in [0.05, 0.1) is 25.5 Å². The zero-order valence-electron chi connectivity index (χ0n) is 15.7. The minimum Gasteiger partial charge on any atom is -0.493 e. The van der Waals surface area contributed by atoms with Gasteiger partial charge >= 0.3 is 0 Å². The SMILES string of the molecule is COc1cnc(N2CCN(Cc3noc(C)n3)CC2)nc1-c1ccnn1C. The number of aryl methyl sites for hydroxylation is 2. The minimum atomic E-state index is 0.595. The predicted molar refractivity (Wildman–Crippen MR) is 97.3 cm³/mol. The number of methoxy groups -OCH3 is 1. The number of hydrogen-bond donors (Lipinski definition) is 0. The molecule has 0 saturated carbocycles. The maximum Gasteiger partial charge on any atom is 0.226 e. The molecular formula is C17H22N8O2. The van der Waals surface area contributed by atoms with Gasteiger partial charge in [-0.2, -0.15) is 10.1 Å². The van der Waals surface area contributed by atoms with Crippen LogP contribution in [0.3, 0.4) is 0 Å². The van der Waals surface area contributed by atoms with E-state index in [1.807, 2.05) is 13.1 Å². The van der Waals surface area contributed by atoms with E-state index in [-0.39, 0.29) is 0 Å². The Morgan fingerprint density at radius 2 is 2.00 bits per heavy atom. The molecule has 4 heterocycles. The normalized spacial score (nSPS) is 15.3. The Bertz CT molecular complexity index is 913. The fourth-order valence-corrected chi connectivity index (χ4v) is 3.16. The van der Waals surface area contributed by atoms with Crippen LogP contribution < -0.4 is 9.64 Å². The molecule has 0 amide bonds. The summed E-state index contributed by atoms with van der Waals surface area (Å²) in [7, 11) is 3.51. The Morgan fingerprint density at radius 3 is 2.63 bits per heavy atom. The minimum absolute atomic E-state index is 0.595. The van der Waals surface area contributed by atoms with E-state index in [9.17, 15) is 0 Å². The second-order valence-corrected chi connectivity index (χ2v) is 6.42. The molecule has 1 fully saturated rings. The molecule has 10 nitrogen and oxygen atoms in total. The fraction of sp³-hybridized carbons (Fsp3) is 0.471. The number of aromatic nitrogens is 6. The van der Waals surface area contributed by atoms with Gasteiger partial charge in [0.2, 0.25) is 11.8 Å². The molecule has 1 saturated heterocycles. The zero-order chi connectivity index (χ0) is 18.8. The largest absolute Gasteiger partial charge is 0.493 e. The van der Waals surface area contributed by atoms with Crippen LogP contribution in [-0.2, 0) is 13.6 Å². The lowest BCUT2D eigenvalue weighted by atomic mass is 10.2. The van der Waals surface area contributed by atoms with Crippen molar-refractivity contribution in [3.8, 4) is 17.1 Å². The lowest BCUT2D eigenvalue weighted by molar-refractivity contribution is 0.239. The first-order valence-electron chi connectivity index (χ1n) is 8.80. The van der Waals surface area contributed by atoms with Crippen LogP contribution in [0.25, 0.3) is 11.4 Å². The molecular weight excluding hydrogens is 348 g/mol. The molecule has 27 heavy (non-hydrogen) atoms. The monoisotopic (exact) mass is 370 g/mol. The maximum absolute atomic E-state index is 5.44. The van der Waals surface area contributed by atoms with Crippen LogP contribution in [0.5, 0.6) is 5.75 Å². The van der Waals surface area contributed by atoms with Crippen molar-refractivity contribution in [2.24, 2.45) is 7.05 Å². The highest BCUT2D eigenvalue weighted by Gasteiger charge is 2.22. The van der Waals surface area contributed by atoms with Crippen molar-refractivity contribution >= 4 is 5.95 Å². The van der Waals surface area contributed by atoms with Crippen LogP contribution in [0, 0.1) is 6.92 Å². The van der Waals surface area contributed by atoms with E-state index in [2.05, 4.69) is 30.0 Å². The standard InChI is InChI=1S/C17H22N8O2/c1-12-20-15(22-27-12)11-24-6-8-25(9-7-24)17-18-10-14(26-3)16(21-17)13-4-5-19-23(13)2/h4-5,10H,6-9,11H2,1-3H3. The van der Waals surface area contributed by atoms with Crippen molar-refractivity contribution in [3.63, 3.8) is 0 Å². The number of ether oxygens (including phenoxy) is 1. The Balaban J connectivity index is 1.47. The van der Waals surface area contributed by atoms with E-state index in [0.717, 1.165) is 43.4 Å². The summed E-state index contributed by atoms with van der Waals surface area (Å²) in [6, 6.07) is 1.92. The van der Waals surface area contributed by atoms with Gasteiger partial charge in [-0.05, 0) is 6.07 Å². The number of anilines is 1. The van der Waals surface area contributed by atoms with Crippen molar-refractivity contribution in [1.82, 2.24) is 34.8 Å². The smallest absolute Gasteiger partial charge is 0.226 e. The number of hydrogen-bond acceptors (Lipinski definition) is 9. The zero-order valence-corrected chi connectivity index (χ0v) is 15.7. The van der Waals surface area contributed by atoms with E-state index in [4.69, 9.17) is 14.2 Å². The van der Waals surface area contributed by atoms with Gasteiger partial charge < -0.3 is 14.2 Å². The van der Waals surface area contributed by atoms with E-state index < -0.39 is 0 Å². The maximum atomic E-state index is 5.44. The molecule has 0 radical (unpaired) electrons. The van der Waals surface area contributed by atoms with Gasteiger partial charge in [-0.3, -0.25) is 9.58 Å². The highest BCUT2D eigenvalue weighted by molar-refractivity contribution is 5.63. The number of piperazine rings is 1. The first-order valence-corrected chi connectivity index (χ1v) is 8.80. The van der Waals surface area contributed by atoms with Gasteiger partial charge in [-0.15, -0.1) is 0 Å². The summed E-state index contributed by atoms with van der Waals surface area (Å²) in [5.74, 6) is 2.65. The predicted octanol–water partition coefficient (Wildman–Crippen LogP) is 0.899. The van der Waals surface area contributed by atoms with Gasteiger partial charge in [0.25, 0.3) is 0 Å². The molecule has 3 aromatic heterocycles. The van der Waals surface area contributed by atoms with E-state index in [0.29, 0.717) is 24.1 Å². The highest BCUT2D eigenvalue weighted by Crippen LogP contribution is 2.28. The summed E-state index contributed by atoms with van der Waals surface area (Å²) >= 11 is 0. The van der Waals surface area contributed by atoms with Crippen LogP contribution in [0.2, 0.25) is 0 Å². The van der Waals surface area contributed by atoms with Gasteiger partial charge in [0.1, 0.15) is 5.69 Å². The van der Waals surface area contributed by atoms with E-state index in [1.165, 1.54) is 0 Å². The van der Waals surface area contributed by atoms with Crippen molar-refractivity contribution < 1.29 is 9.26 Å². The van der Waals surface area contributed by atoms with Gasteiger partial charge in [0.15, 0.2) is 11.6 Å². The molecule has 142 valence electrons. The fourth-order valence-electron chi connectivity index (χ4n) is 3.16. The first kappa shape index (κ1) is 17.4.